The molecule has 4 rings (SSSR count). The first-order chi connectivity index (χ1) is 34.0. The molecular weight excluding hydrogens is 985 g/mol. The molecule has 436 valence electrons. The number of carboxylic acids is 8. The van der Waals surface area contributed by atoms with Crippen LogP contribution in [-0.2, 0) is 38.4 Å². The topological polar surface area (TPSA) is 311 Å². The number of aliphatic carboxylic acids is 8. The minimum atomic E-state index is -2.69. The van der Waals surface area contributed by atoms with E-state index in [1.807, 2.05) is 83.6 Å². The van der Waals surface area contributed by atoms with Crippen LogP contribution in [0.3, 0.4) is 0 Å². The zero-order valence-electron chi connectivity index (χ0n) is 49.4. The molecule has 0 aliphatic carbocycles. The van der Waals surface area contributed by atoms with Gasteiger partial charge in [-0.25, -0.2) is 0 Å². The van der Waals surface area contributed by atoms with E-state index in [-0.39, 0.29) is 12.8 Å². The summed E-state index contributed by atoms with van der Waals surface area (Å²) in [6.07, 6.45) is -1.96. The normalized spacial score (nSPS) is 29.9. The van der Waals surface area contributed by atoms with E-state index in [0.29, 0.717) is 39.0 Å². The summed E-state index contributed by atoms with van der Waals surface area (Å²) in [7, 11) is 8.00. The Labute approximate surface area is 450 Å². The van der Waals surface area contributed by atoms with Gasteiger partial charge < -0.3 is 60.5 Å². The average molecular weight is 1080 g/mol. The molecule has 4 aliphatic rings. The Kier molecular flexibility index (Phi) is 18.5. The highest BCUT2D eigenvalue weighted by molar-refractivity contribution is 5.97. The van der Waals surface area contributed by atoms with Gasteiger partial charge in [-0.15, -0.1) is 0 Å². The van der Waals surface area contributed by atoms with Crippen molar-refractivity contribution in [2.24, 2.45) is 73.4 Å². The van der Waals surface area contributed by atoms with E-state index in [4.69, 9.17) is 20.4 Å². The molecule has 20 nitrogen and oxygen atoms in total. The first kappa shape index (κ1) is 65.9. The van der Waals surface area contributed by atoms with Crippen molar-refractivity contribution in [3.05, 3.63) is 0 Å². The number of rotatable bonds is 18. The second-order valence-electron chi connectivity index (χ2n) is 27.4. The quantitative estimate of drug-likeness (QED) is 0.0682. The Morgan fingerprint density at radius 3 is 0.895 bits per heavy atom. The van der Waals surface area contributed by atoms with Gasteiger partial charge in [0, 0.05) is 22.2 Å². The number of carbonyl (C=O) groups is 8. The second-order valence-corrected chi connectivity index (χ2v) is 27.4. The maximum Gasteiger partial charge on any atom is 0.312 e. The maximum atomic E-state index is 16.3. The highest BCUT2D eigenvalue weighted by Crippen LogP contribution is 2.79. The Hall–Kier alpha value is -4.40. The molecule has 4 saturated heterocycles. The van der Waals surface area contributed by atoms with Crippen molar-refractivity contribution in [2.45, 2.75) is 178 Å². The monoisotopic (exact) mass is 1080 g/mol. The summed E-state index contributed by atoms with van der Waals surface area (Å²) in [6, 6.07) is 0. The molecule has 0 spiro atoms. The third-order valence-electron chi connectivity index (χ3n) is 23.6. The first-order valence-corrected chi connectivity index (χ1v) is 26.7. The number of likely N-dealkylation sites (tertiary alicyclic amines) is 4. The van der Waals surface area contributed by atoms with E-state index in [0.717, 1.165) is 0 Å². The molecule has 0 aromatic rings. The summed E-state index contributed by atoms with van der Waals surface area (Å²) in [5, 5.41) is 84.5. The smallest absolute Gasteiger partial charge is 0.312 e. The Bertz CT molecular complexity index is 2190. The first-order valence-electron chi connectivity index (χ1n) is 26.7. The zero-order valence-corrected chi connectivity index (χ0v) is 49.4. The van der Waals surface area contributed by atoms with Crippen LogP contribution in [0.25, 0.3) is 0 Å². The Morgan fingerprint density at radius 1 is 0.395 bits per heavy atom. The van der Waals surface area contributed by atoms with Crippen LogP contribution in [0.2, 0.25) is 0 Å². The number of nitrogens with zero attached hydrogens (tertiary/aromatic N) is 4. The van der Waals surface area contributed by atoms with Crippen molar-refractivity contribution in [1.82, 2.24) is 19.6 Å². The summed E-state index contributed by atoms with van der Waals surface area (Å²) in [6.45, 7) is 34.2. The molecule has 0 bridgehead atoms. The number of piperidine rings is 4. The van der Waals surface area contributed by atoms with Gasteiger partial charge in [-0.3, -0.25) is 38.4 Å². The van der Waals surface area contributed by atoms with Crippen LogP contribution in [0, 0.1) is 73.4 Å². The van der Waals surface area contributed by atoms with Gasteiger partial charge in [0.15, 0.2) is 0 Å². The molecule has 0 radical (unpaired) electrons. The summed E-state index contributed by atoms with van der Waals surface area (Å²) < 4.78 is 0. The molecule has 0 saturated carbocycles. The fraction of sp³-hybridized carbons (Fsp3) is 0.857. The molecule has 8 atom stereocenters. The molecule has 8 unspecified atom stereocenters. The van der Waals surface area contributed by atoms with Crippen LogP contribution >= 0.6 is 0 Å². The van der Waals surface area contributed by atoms with Crippen molar-refractivity contribution in [1.29, 1.82) is 0 Å². The predicted octanol–water partition coefficient (Wildman–Crippen LogP) is 7.04. The van der Waals surface area contributed by atoms with Crippen LogP contribution < -0.4 is 0 Å². The van der Waals surface area contributed by atoms with Gasteiger partial charge in [0.2, 0.25) is 0 Å². The van der Waals surface area contributed by atoms with Gasteiger partial charge in [-0.1, -0.05) is 55.4 Å². The van der Waals surface area contributed by atoms with E-state index in [1.165, 1.54) is 0 Å². The predicted molar refractivity (Wildman–Crippen MR) is 284 cm³/mol. The fourth-order valence-electron chi connectivity index (χ4n) is 15.8. The lowest BCUT2D eigenvalue weighted by atomic mass is 9.27. The van der Waals surface area contributed by atoms with Gasteiger partial charge >= 0.3 is 47.8 Å². The van der Waals surface area contributed by atoms with Crippen molar-refractivity contribution < 1.29 is 79.2 Å². The molecule has 4 heterocycles. The van der Waals surface area contributed by atoms with E-state index in [2.05, 4.69) is 75.0 Å². The zero-order chi connectivity index (χ0) is 59.7. The summed E-state index contributed by atoms with van der Waals surface area (Å²) in [5.41, 5.74) is -14.4. The van der Waals surface area contributed by atoms with Crippen molar-refractivity contribution in [3.8, 4) is 0 Å². The third-order valence-corrected chi connectivity index (χ3v) is 23.6. The van der Waals surface area contributed by atoms with Gasteiger partial charge in [-0.05, 0) is 181 Å². The molecule has 4 aliphatic heterocycles. The number of hydrogen-bond acceptors (Lipinski definition) is 12. The van der Waals surface area contributed by atoms with Gasteiger partial charge in [0.25, 0.3) is 0 Å². The van der Waals surface area contributed by atoms with E-state index in [9.17, 15) is 44.4 Å². The van der Waals surface area contributed by atoms with Gasteiger partial charge in [-0.2, -0.15) is 0 Å². The molecule has 76 heavy (non-hydrogen) atoms. The van der Waals surface area contributed by atoms with Crippen LogP contribution in [0.4, 0.5) is 0 Å². The highest BCUT2D eigenvalue weighted by Gasteiger charge is 2.87. The van der Waals surface area contributed by atoms with Gasteiger partial charge in [0.05, 0.1) is 41.9 Å². The summed E-state index contributed by atoms with van der Waals surface area (Å²) in [5.74, 6) is -19.6. The van der Waals surface area contributed by atoms with E-state index < -0.39 is 163 Å². The lowest BCUT2D eigenvalue weighted by Crippen LogP contribution is -2.82. The number of carboxylic acid groups (broad SMARTS) is 8. The van der Waals surface area contributed by atoms with Crippen molar-refractivity contribution in [3.63, 3.8) is 0 Å². The summed E-state index contributed by atoms with van der Waals surface area (Å²) in [4.78, 5) is 113. The Balaban J connectivity index is 0.000000817. The van der Waals surface area contributed by atoms with Gasteiger partial charge in [0.1, 0.15) is 5.41 Å². The number of hydrogen-bond donors (Lipinski definition) is 8. The fourth-order valence-corrected chi connectivity index (χ4v) is 15.8. The van der Waals surface area contributed by atoms with Crippen molar-refractivity contribution in [2.75, 3.05) is 54.4 Å². The minimum Gasteiger partial charge on any atom is -0.481 e. The molecule has 20 heteroatoms. The largest absolute Gasteiger partial charge is 0.481 e. The standard InChI is InChI=1S/C48H86N4O8.C8H10O8/c1-38(2)30(21-25-49(17)42(38,9)10)46(35(55)56,29-34(53)54)48(37(59)60,33-24-28-52(20)45(15,16)41(33,7)8)47(36(57)58,31-22-26-50(18)43(11,12)39(31,3)4)32-23-27-51(19)44(13,14)40(32,5)6;9-5(10)1-3(7(13)14)4(8(15)16)2-6(11)12/h30-33H,21-29H2,1-20H3,(H,53,54)(H,55,56)(H,57,58)(H,59,60);3-4H,1-2H2,(H,9,10)(H,11,12)(H,13,14)(H,15,16). The second kappa shape index (κ2) is 21.3. The maximum absolute atomic E-state index is 16.3. The highest BCUT2D eigenvalue weighted by atomic mass is 16.4. The van der Waals surface area contributed by atoms with E-state index >= 15 is 14.4 Å². The average Bonchev–Trinajstić information content (AvgIpc) is 3.24. The lowest BCUT2D eigenvalue weighted by molar-refractivity contribution is -0.300. The van der Waals surface area contributed by atoms with Crippen LogP contribution in [0.15, 0.2) is 0 Å². The SMILES string of the molecule is CN1CCC(C(CC(=O)O)(C(=O)O)C(C(=O)O)(C2CCN(C)C(C)(C)C2(C)C)C(C(=O)O)(C2CCN(C)C(C)(C)C2(C)C)C2CCN(C)C(C)(C)C2(C)C)C(C)(C)C1(C)C.O=C(O)CC(C(=O)O)C(CC(=O)O)C(=O)O. The van der Waals surface area contributed by atoms with Crippen LogP contribution in [-0.4, -0.2) is 185 Å². The van der Waals surface area contributed by atoms with E-state index in [1.54, 1.807) is 0 Å². The molecule has 0 aromatic carbocycles. The molecule has 8 N–H and O–H groups in total. The third kappa shape index (κ3) is 9.61. The van der Waals surface area contributed by atoms with Crippen LogP contribution in [0.5, 0.6) is 0 Å². The van der Waals surface area contributed by atoms with Crippen LogP contribution in [0.1, 0.15) is 156 Å². The molecule has 0 aromatic heterocycles. The lowest BCUT2D eigenvalue weighted by Gasteiger charge is -2.75. The minimum absolute atomic E-state index is 0.173. The molecular formula is C56H96N4O16. The molecule has 4 fully saturated rings. The Morgan fingerprint density at radius 2 is 0.658 bits per heavy atom. The summed E-state index contributed by atoms with van der Waals surface area (Å²) >= 11 is 0. The van der Waals surface area contributed by atoms with Crippen molar-refractivity contribution >= 4 is 47.8 Å². The molecule has 0 amide bonds.